The molecule has 1 aromatic carbocycles. The van der Waals surface area contributed by atoms with Gasteiger partial charge < -0.3 is 9.47 Å². The first-order chi connectivity index (χ1) is 11.4. The molecule has 0 radical (unpaired) electrons. The highest BCUT2D eigenvalue weighted by atomic mass is 32.2. The molecule has 0 spiro atoms. The van der Waals surface area contributed by atoms with Crippen molar-refractivity contribution < 1.29 is 17.9 Å². The zero-order valence-electron chi connectivity index (χ0n) is 14.2. The van der Waals surface area contributed by atoms with Gasteiger partial charge in [-0.1, -0.05) is 5.10 Å². The number of sulfonamides is 1. The van der Waals surface area contributed by atoms with Crippen molar-refractivity contribution in [1.82, 2.24) is 19.5 Å². The van der Waals surface area contributed by atoms with Crippen LogP contribution in [0.15, 0.2) is 29.2 Å². The third-order valence-electron chi connectivity index (χ3n) is 3.42. The van der Waals surface area contributed by atoms with Crippen molar-refractivity contribution >= 4 is 10.0 Å². The first kappa shape index (κ1) is 18.2. The molecule has 2 rings (SSSR count). The number of methoxy groups -OCH3 is 1. The lowest BCUT2D eigenvalue weighted by Gasteiger charge is -2.15. The fourth-order valence-electron chi connectivity index (χ4n) is 2.26. The van der Waals surface area contributed by atoms with Crippen LogP contribution in [0, 0.1) is 0 Å². The quantitative estimate of drug-likeness (QED) is 0.776. The smallest absolute Gasteiger partial charge is 0.316 e. The predicted octanol–water partition coefficient (Wildman–Crippen LogP) is 1.74. The van der Waals surface area contributed by atoms with Crippen molar-refractivity contribution in [3.05, 3.63) is 30.1 Å². The van der Waals surface area contributed by atoms with Gasteiger partial charge in [-0.15, -0.1) is 5.10 Å². The van der Waals surface area contributed by atoms with E-state index in [1.54, 1.807) is 23.6 Å². The summed E-state index contributed by atoms with van der Waals surface area (Å²) in [5.74, 6) is 1.09. The van der Waals surface area contributed by atoms with Gasteiger partial charge in [-0.2, -0.15) is 0 Å². The number of hydrogen-bond acceptors (Lipinski definition) is 6. The van der Waals surface area contributed by atoms with Crippen molar-refractivity contribution in [2.45, 2.75) is 38.3 Å². The molecular weight excluding hydrogens is 332 g/mol. The van der Waals surface area contributed by atoms with E-state index in [0.29, 0.717) is 30.7 Å². The molecule has 24 heavy (non-hydrogen) atoms. The van der Waals surface area contributed by atoms with Gasteiger partial charge in [0.2, 0.25) is 10.0 Å². The molecule has 0 saturated carbocycles. The fourth-order valence-corrected chi connectivity index (χ4v) is 3.46. The van der Waals surface area contributed by atoms with Gasteiger partial charge >= 0.3 is 6.01 Å². The molecule has 0 unspecified atom stereocenters. The summed E-state index contributed by atoms with van der Waals surface area (Å²) < 4.78 is 39.8. The van der Waals surface area contributed by atoms with Gasteiger partial charge in [-0.25, -0.2) is 13.1 Å². The molecule has 0 bridgehead atoms. The summed E-state index contributed by atoms with van der Waals surface area (Å²) in [7, 11) is -2.16. The van der Waals surface area contributed by atoms with E-state index in [0.717, 1.165) is 0 Å². The van der Waals surface area contributed by atoms with Crippen LogP contribution in [0.1, 0.15) is 32.6 Å². The van der Waals surface area contributed by atoms with Gasteiger partial charge in [0.05, 0.1) is 24.7 Å². The largest absolute Gasteiger partial charge is 0.497 e. The average Bonchev–Trinajstić information content (AvgIpc) is 2.97. The lowest BCUT2D eigenvalue weighted by molar-refractivity contribution is 0.294. The summed E-state index contributed by atoms with van der Waals surface area (Å²) in [6.45, 7) is 6.52. The monoisotopic (exact) mass is 354 g/mol. The molecule has 0 aliphatic rings. The highest BCUT2D eigenvalue weighted by Gasteiger charge is 2.23. The van der Waals surface area contributed by atoms with E-state index in [4.69, 9.17) is 9.47 Å². The standard InChI is InChI=1S/C15H22N4O4S/c1-5-19-14(16-17-15(19)23-6-2)11(3)18-24(20,21)13-9-7-12(22-4)8-10-13/h7-11,18H,5-6H2,1-4H3/t11-/m1/s1. The van der Waals surface area contributed by atoms with Crippen LogP contribution in [0.3, 0.4) is 0 Å². The van der Waals surface area contributed by atoms with E-state index in [-0.39, 0.29) is 4.90 Å². The summed E-state index contributed by atoms with van der Waals surface area (Å²) in [5, 5.41) is 8.01. The normalized spacial score (nSPS) is 12.8. The third kappa shape index (κ3) is 3.85. The van der Waals surface area contributed by atoms with Gasteiger partial charge in [0.15, 0.2) is 5.82 Å². The van der Waals surface area contributed by atoms with Crippen molar-refractivity contribution in [1.29, 1.82) is 0 Å². The third-order valence-corrected chi connectivity index (χ3v) is 4.98. The van der Waals surface area contributed by atoms with Gasteiger partial charge in [0, 0.05) is 6.54 Å². The predicted molar refractivity (Wildman–Crippen MR) is 88.6 cm³/mol. The van der Waals surface area contributed by atoms with Crippen molar-refractivity contribution in [2.24, 2.45) is 0 Å². The Kier molecular flexibility index (Phi) is 5.79. The van der Waals surface area contributed by atoms with Gasteiger partial charge in [-0.3, -0.25) is 4.57 Å². The van der Waals surface area contributed by atoms with Crippen LogP contribution in [0.25, 0.3) is 0 Å². The Morgan fingerprint density at radius 3 is 2.42 bits per heavy atom. The van der Waals surface area contributed by atoms with Crippen LogP contribution < -0.4 is 14.2 Å². The Hall–Kier alpha value is -2.13. The minimum atomic E-state index is -3.69. The number of ether oxygens (including phenoxy) is 2. The van der Waals surface area contributed by atoms with Crippen LogP contribution in [0.5, 0.6) is 11.8 Å². The number of nitrogens with one attached hydrogen (secondary N) is 1. The molecule has 0 amide bonds. The lowest BCUT2D eigenvalue weighted by atomic mass is 10.3. The molecule has 0 saturated heterocycles. The zero-order valence-corrected chi connectivity index (χ0v) is 15.0. The van der Waals surface area contributed by atoms with Crippen LogP contribution in [-0.4, -0.2) is 36.9 Å². The molecule has 132 valence electrons. The first-order valence-electron chi connectivity index (χ1n) is 7.65. The molecule has 0 fully saturated rings. The van der Waals surface area contributed by atoms with Crippen molar-refractivity contribution in [3.63, 3.8) is 0 Å². The number of hydrogen-bond donors (Lipinski definition) is 1. The zero-order chi connectivity index (χ0) is 17.7. The van der Waals surface area contributed by atoms with E-state index in [9.17, 15) is 8.42 Å². The molecular formula is C15H22N4O4S. The summed E-state index contributed by atoms with van der Waals surface area (Å²) in [6.07, 6.45) is 0. The van der Waals surface area contributed by atoms with E-state index >= 15 is 0 Å². The van der Waals surface area contributed by atoms with E-state index in [1.165, 1.54) is 19.2 Å². The Balaban J connectivity index is 2.22. The van der Waals surface area contributed by atoms with Crippen molar-refractivity contribution in [2.75, 3.05) is 13.7 Å². The Bertz CT molecular complexity index is 771. The van der Waals surface area contributed by atoms with Crippen LogP contribution >= 0.6 is 0 Å². The molecule has 1 N–H and O–H groups in total. The maximum atomic E-state index is 12.5. The second-order valence-electron chi connectivity index (χ2n) is 5.04. The van der Waals surface area contributed by atoms with Gasteiger partial charge in [-0.05, 0) is 45.0 Å². The van der Waals surface area contributed by atoms with E-state index in [1.807, 2.05) is 13.8 Å². The minimum absolute atomic E-state index is 0.155. The second-order valence-corrected chi connectivity index (χ2v) is 6.75. The summed E-state index contributed by atoms with van der Waals surface area (Å²) in [4.78, 5) is 0.155. The number of benzene rings is 1. The molecule has 0 aliphatic heterocycles. The Morgan fingerprint density at radius 1 is 1.21 bits per heavy atom. The molecule has 1 heterocycles. The lowest BCUT2D eigenvalue weighted by Crippen LogP contribution is -2.29. The maximum absolute atomic E-state index is 12.5. The Morgan fingerprint density at radius 2 is 1.88 bits per heavy atom. The molecule has 2 aromatic rings. The summed E-state index contributed by atoms with van der Waals surface area (Å²) in [5.41, 5.74) is 0. The number of aromatic nitrogens is 3. The number of nitrogens with zero attached hydrogens (tertiary/aromatic N) is 3. The highest BCUT2D eigenvalue weighted by molar-refractivity contribution is 7.89. The SMILES string of the molecule is CCOc1nnc([C@@H](C)NS(=O)(=O)c2ccc(OC)cc2)n1CC. The van der Waals surface area contributed by atoms with E-state index in [2.05, 4.69) is 14.9 Å². The topological polar surface area (TPSA) is 95.3 Å². The molecule has 0 aliphatic carbocycles. The van der Waals surface area contributed by atoms with Crippen LogP contribution in [-0.2, 0) is 16.6 Å². The molecule has 8 nitrogen and oxygen atoms in total. The molecule has 1 aromatic heterocycles. The van der Waals surface area contributed by atoms with Crippen LogP contribution in [0.2, 0.25) is 0 Å². The van der Waals surface area contributed by atoms with Crippen molar-refractivity contribution in [3.8, 4) is 11.8 Å². The fraction of sp³-hybridized carbons (Fsp3) is 0.467. The van der Waals surface area contributed by atoms with Gasteiger partial charge in [0.1, 0.15) is 5.75 Å². The number of rotatable bonds is 8. The Labute approximate surface area is 141 Å². The van der Waals surface area contributed by atoms with E-state index < -0.39 is 16.1 Å². The maximum Gasteiger partial charge on any atom is 0.316 e. The molecule has 9 heteroatoms. The average molecular weight is 354 g/mol. The highest BCUT2D eigenvalue weighted by Crippen LogP contribution is 2.21. The summed E-state index contributed by atoms with van der Waals surface area (Å²) >= 11 is 0. The minimum Gasteiger partial charge on any atom is -0.497 e. The second kappa shape index (κ2) is 7.63. The van der Waals surface area contributed by atoms with Crippen LogP contribution in [0.4, 0.5) is 0 Å². The first-order valence-corrected chi connectivity index (χ1v) is 9.13. The summed E-state index contributed by atoms with van der Waals surface area (Å²) in [6, 6.07) is 6.00. The molecule has 1 atom stereocenters. The van der Waals surface area contributed by atoms with Gasteiger partial charge in [0.25, 0.3) is 0 Å².